The molecule has 1 atom stereocenters. The second kappa shape index (κ2) is 7.62. The van der Waals surface area contributed by atoms with Crippen LogP contribution in [-0.2, 0) is 4.74 Å². The summed E-state index contributed by atoms with van der Waals surface area (Å²) in [5.74, 6) is 0. The lowest BCUT2D eigenvalue weighted by atomic mass is 10.2. The van der Waals surface area contributed by atoms with Gasteiger partial charge in [-0.15, -0.1) is 0 Å². The zero-order chi connectivity index (χ0) is 11.7. The predicted octanol–water partition coefficient (Wildman–Crippen LogP) is 0.929. The summed E-state index contributed by atoms with van der Waals surface area (Å²) in [5, 5.41) is 13.8. The summed E-state index contributed by atoms with van der Waals surface area (Å²) in [5.41, 5.74) is 0. The van der Waals surface area contributed by atoms with E-state index in [9.17, 15) is 0 Å². The standard InChI is InChI=1S/C8H15N3O.CHNO/c1-4-7(2)11-5-9-8(12-3)10-6-11;2-1-3/h5,7H,4,6H2,1-3H3;3H. The molecule has 15 heavy (non-hydrogen) atoms. The number of nitriles is 1. The molecule has 0 fully saturated rings. The molecule has 0 aromatic rings. The molecule has 0 spiro atoms. The number of rotatable bonds is 2. The number of methoxy groups -OCH3 is 1. The Morgan fingerprint density at radius 1 is 1.80 bits per heavy atom. The Hall–Kier alpha value is -1.77. The maximum atomic E-state index is 6.88. The van der Waals surface area contributed by atoms with E-state index in [1.807, 2.05) is 0 Å². The van der Waals surface area contributed by atoms with Crippen LogP contribution >= 0.6 is 0 Å². The van der Waals surface area contributed by atoms with Crippen molar-refractivity contribution in [3.8, 4) is 6.26 Å². The van der Waals surface area contributed by atoms with Gasteiger partial charge in [-0.25, -0.2) is 4.99 Å². The number of hydrogen-bond donors (Lipinski definition) is 1. The highest BCUT2D eigenvalue weighted by Gasteiger charge is 2.11. The Labute approximate surface area is 89.5 Å². The Morgan fingerprint density at radius 2 is 2.40 bits per heavy atom. The minimum Gasteiger partial charge on any atom is -0.467 e. The number of ether oxygens (including phenoxy) is 1. The van der Waals surface area contributed by atoms with Crippen LogP contribution in [0, 0.1) is 11.5 Å². The molecule has 6 nitrogen and oxygen atoms in total. The van der Waals surface area contributed by atoms with Gasteiger partial charge in [0, 0.05) is 6.04 Å². The number of aliphatic hydroxyl groups is 1. The number of nitrogens with zero attached hydrogens (tertiary/aromatic N) is 4. The number of hydrogen-bond acceptors (Lipinski definition) is 6. The minimum atomic E-state index is 0.467. The van der Waals surface area contributed by atoms with Crippen LogP contribution in [0.3, 0.4) is 0 Å². The molecule has 1 heterocycles. The van der Waals surface area contributed by atoms with Crippen LogP contribution in [0.15, 0.2) is 9.98 Å². The first-order valence-electron chi connectivity index (χ1n) is 4.61. The van der Waals surface area contributed by atoms with Crippen LogP contribution in [0.25, 0.3) is 0 Å². The van der Waals surface area contributed by atoms with Gasteiger partial charge in [-0.3, -0.25) is 0 Å². The van der Waals surface area contributed by atoms with Crippen molar-refractivity contribution >= 4 is 12.4 Å². The van der Waals surface area contributed by atoms with Crippen molar-refractivity contribution in [2.75, 3.05) is 13.8 Å². The third kappa shape index (κ3) is 4.86. The van der Waals surface area contributed by atoms with Gasteiger partial charge < -0.3 is 14.7 Å². The van der Waals surface area contributed by atoms with E-state index in [0.717, 1.165) is 12.7 Å². The largest absolute Gasteiger partial charge is 0.467 e. The van der Waals surface area contributed by atoms with E-state index in [2.05, 4.69) is 28.7 Å². The fourth-order valence-corrected chi connectivity index (χ4v) is 0.948. The Balaban J connectivity index is 0.000000583. The molecule has 1 rings (SSSR count). The monoisotopic (exact) mass is 212 g/mol. The molecule has 84 valence electrons. The zero-order valence-corrected chi connectivity index (χ0v) is 9.21. The van der Waals surface area contributed by atoms with E-state index < -0.39 is 0 Å². The summed E-state index contributed by atoms with van der Waals surface area (Å²) in [6.45, 7) is 4.95. The number of amidine groups is 1. The second-order valence-corrected chi connectivity index (χ2v) is 2.90. The van der Waals surface area contributed by atoms with Crippen LogP contribution in [0.4, 0.5) is 0 Å². The third-order valence-corrected chi connectivity index (χ3v) is 2.03. The van der Waals surface area contributed by atoms with Crippen LogP contribution in [0.2, 0.25) is 0 Å². The van der Waals surface area contributed by atoms with Crippen LogP contribution < -0.4 is 0 Å². The topological polar surface area (TPSA) is 81.2 Å². The lowest BCUT2D eigenvalue weighted by molar-refractivity contribution is 0.321. The summed E-state index contributed by atoms with van der Waals surface area (Å²) in [6.07, 6.45) is 3.64. The SMILES string of the molecule is CCC(C)N1C=NC(OC)=NC1.N#CO. The van der Waals surface area contributed by atoms with Crippen molar-refractivity contribution in [1.82, 2.24) is 4.90 Å². The zero-order valence-electron chi connectivity index (χ0n) is 9.21. The summed E-state index contributed by atoms with van der Waals surface area (Å²) in [6, 6.07) is 0.963. The molecule has 0 aliphatic carbocycles. The summed E-state index contributed by atoms with van der Waals surface area (Å²) >= 11 is 0. The lowest BCUT2D eigenvalue weighted by Crippen LogP contribution is -2.34. The Kier molecular flexibility index (Phi) is 6.72. The highest BCUT2D eigenvalue weighted by Crippen LogP contribution is 2.04. The van der Waals surface area contributed by atoms with Gasteiger partial charge in [-0.2, -0.15) is 10.3 Å². The first kappa shape index (κ1) is 13.2. The van der Waals surface area contributed by atoms with E-state index in [0.29, 0.717) is 18.7 Å². The highest BCUT2D eigenvalue weighted by atomic mass is 16.5. The Bertz CT molecular complexity index is 270. The van der Waals surface area contributed by atoms with Crippen LogP contribution in [0.5, 0.6) is 0 Å². The van der Waals surface area contributed by atoms with Crippen molar-refractivity contribution in [2.45, 2.75) is 26.3 Å². The molecule has 1 aliphatic heterocycles. The van der Waals surface area contributed by atoms with Crippen molar-refractivity contribution in [3.63, 3.8) is 0 Å². The number of aliphatic hydroxyl groups excluding tert-OH is 1. The lowest BCUT2D eigenvalue weighted by Gasteiger charge is -2.25. The van der Waals surface area contributed by atoms with Crippen molar-refractivity contribution < 1.29 is 9.84 Å². The maximum absolute atomic E-state index is 6.88. The smallest absolute Gasteiger partial charge is 0.314 e. The molecular weight excluding hydrogens is 196 g/mol. The van der Waals surface area contributed by atoms with E-state index in [1.165, 1.54) is 0 Å². The molecular formula is C9H16N4O2. The fourth-order valence-electron chi connectivity index (χ4n) is 0.948. The quantitative estimate of drug-likeness (QED) is 0.690. The first-order chi connectivity index (χ1) is 7.19. The van der Waals surface area contributed by atoms with E-state index >= 15 is 0 Å². The fraction of sp³-hybridized carbons (Fsp3) is 0.667. The van der Waals surface area contributed by atoms with Crippen molar-refractivity contribution in [2.24, 2.45) is 9.98 Å². The van der Waals surface area contributed by atoms with E-state index in [1.54, 1.807) is 13.4 Å². The van der Waals surface area contributed by atoms with Crippen LogP contribution in [-0.4, -0.2) is 42.2 Å². The summed E-state index contributed by atoms with van der Waals surface area (Å²) < 4.78 is 4.88. The minimum absolute atomic E-state index is 0.467. The highest BCUT2D eigenvalue weighted by molar-refractivity contribution is 5.84. The average molecular weight is 212 g/mol. The van der Waals surface area contributed by atoms with Gasteiger partial charge in [-0.05, 0) is 13.3 Å². The van der Waals surface area contributed by atoms with Crippen molar-refractivity contribution in [1.29, 1.82) is 5.26 Å². The molecule has 0 saturated carbocycles. The van der Waals surface area contributed by atoms with Gasteiger partial charge in [0.1, 0.15) is 6.67 Å². The number of aliphatic imine (C=N–C) groups is 2. The molecule has 0 amide bonds. The molecule has 0 aromatic carbocycles. The molecule has 0 saturated heterocycles. The van der Waals surface area contributed by atoms with Crippen molar-refractivity contribution in [3.05, 3.63) is 0 Å². The summed E-state index contributed by atoms with van der Waals surface area (Å²) in [7, 11) is 1.58. The molecule has 0 aromatic heterocycles. The average Bonchev–Trinajstić information content (AvgIpc) is 2.29. The van der Waals surface area contributed by atoms with Gasteiger partial charge in [0.05, 0.1) is 13.4 Å². The van der Waals surface area contributed by atoms with Crippen LogP contribution in [0.1, 0.15) is 20.3 Å². The van der Waals surface area contributed by atoms with E-state index in [4.69, 9.17) is 15.1 Å². The Morgan fingerprint density at radius 3 is 2.73 bits per heavy atom. The van der Waals surface area contributed by atoms with E-state index in [-0.39, 0.29) is 0 Å². The maximum Gasteiger partial charge on any atom is 0.314 e. The van der Waals surface area contributed by atoms with Gasteiger partial charge in [0.15, 0.2) is 0 Å². The van der Waals surface area contributed by atoms with Gasteiger partial charge in [0.2, 0.25) is 0 Å². The second-order valence-electron chi connectivity index (χ2n) is 2.90. The van der Waals surface area contributed by atoms with Gasteiger partial charge >= 0.3 is 6.02 Å². The van der Waals surface area contributed by atoms with Gasteiger partial charge in [0.25, 0.3) is 6.26 Å². The molecule has 0 radical (unpaired) electrons. The molecule has 0 bridgehead atoms. The van der Waals surface area contributed by atoms with Gasteiger partial charge in [-0.1, -0.05) is 6.92 Å². The molecule has 6 heteroatoms. The molecule has 1 unspecified atom stereocenters. The summed E-state index contributed by atoms with van der Waals surface area (Å²) in [4.78, 5) is 10.2. The molecule has 1 N–H and O–H groups in total. The first-order valence-corrected chi connectivity index (χ1v) is 4.61. The molecule has 1 aliphatic rings. The normalized spacial score (nSPS) is 15.6. The third-order valence-electron chi connectivity index (χ3n) is 2.03. The predicted molar refractivity (Wildman–Crippen MR) is 56.9 cm³/mol.